The molecule has 2 unspecified atom stereocenters. The number of amides is 2. The summed E-state index contributed by atoms with van der Waals surface area (Å²) >= 11 is 0. The van der Waals surface area contributed by atoms with Crippen LogP contribution >= 0.6 is 0 Å². The van der Waals surface area contributed by atoms with E-state index < -0.39 is 41.8 Å². The molecular formula is C23H23F4N5O3. The zero-order chi connectivity index (χ0) is 26.0. The number of aromatic nitrogens is 2. The van der Waals surface area contributed by atoms with Crippen molar-refractivity contribution in [2.45, 2.75) is 57.7 Å². The van der Waals surface area contributed by atoms with Gasteiger partial charge >= 0.3 is 12.3 Å². The van der Waals surface area contributed by atoms with Gasteiger partial charge in [0.15, 0.2) is 0 Å². The van der Waals surface area contributed by atoms with Crippen molar-refractivity contribution in [3.05, 3.63) is 47.5 Å². The predicted octanol–water partition coefficient (Wildman–Crippen LogP) is 4.00. The van der Waals surface area contributed by atoms with Gasteiger partial charge in [0.25, 0.3) is 0 Å². The van der Waals surface area contributed by atoms with Gasteiger partial charge < -0.3 is 10.1 Å². The van der Waals surface area contributed by atoms with Crippen molar-refractivity contribution in [2.24, 2.45) is 0 Å². The average molecular weight is 493 g/mol. The van der Waals surface area contributed by atoms with E-state index in [9.17, 15) is 32.4 Å². The summed E-state index contributed by atoms with van der Waals surface area (Å²) in [6.45, 7) is 4.80. The van der Waals surface area contributed by atoms with Crippen LogP contribution in [0.1, 0.15) is 44.1 Å². The normalized spacial score (nSPS) is 18.2. The summed E-state index contributed by atoms with van der Waals surface area (Å²) in [6.07, 6.45) is -5.09. The van der Waals surface area contributed by atoms with Crippen LogP contribution in [0.3, 0.4) is 0 Å². The van der Waals surface area contributed by atoms with Crippen LogP contribution in [0.2, 0.25) is 0 Å². The van der Waals surface area contributed by atoms with E-state index >= 15 is 0 Å². The molecule has 1 aromatic carbocycles. The average Bonchev–Trinajstić information content (AvgIpc) is 3.17. The molecule has 0 spiro atoms. The Morgan fingerprint density at radius 3 is 2.43 bits per heavy atom. The van der Waals surface area contributed by atoms with Crippen LogP contribution < -0.4 is 5.32 Å². The quantitative estimate of drug-likeness (QED) is 0.645. The maximum absolute atomic E-state index is 14.5. The molecule has 2 amide bonds. The summed E-state index contributed by atoms with van der Waals surface area (Å²) < 4.78 is 57.9. The van der Waals surface area contributed by atoms with Crippen molar-refractivity contribution >= 4 is 12.0 Å². The predicted molar refractivity (Wildman–Crippen MR) is 115 cm³/mol. The number of likely N-dealkylation sites (tertiary alicyclic amines) is 1. The lowest BCUT2D eigenvalue weighted by molar-refractivity contribution is -0.145. The molecule has 2 heterocycles. The number of nitrogens with one attached hydrogen (secondary N) is 1. The highest BCUT2D eigenvalue weighted by atomic mass is 19.4. The van der Waals surface area contributed by atoms with Crippen LogP contribution in [0.5, 0.6) is 0 Å². The minimum atomic E-state index is -4.68. The highest BCUT2D eigenvalue weighted by molar-refractivity contribution is 5.87. The number of ether oxygens (including phenoxy) is 1. The summed E-state index contributed by atoms with van der Waals surface area (Å²) in [7, 11) is 0. The summed E-state index contributed by atoms with van der Waals surface area (Å²) in [6, 6.07) is 5.03. The molecule has 1 saturated heterocycles. The number of carbonyl (C=O) groups is 2. The first-order chi connectivity index (χ1) is 16.3. The van der Waals surface area contributed by atoms with E-state index in [1.807, 2.05) is 6.07 Å². The van der Waals surface area contributed by atoms with E-state index in [4.69, 9.17) is 4.74 Å². The second-order valence-corrected chi connectivity index (χ2v) is 8.92. The van der Waals surface area contributed by atoms with Crippen molar-refractivity contribution in [3.8, 4) is 17.2 Å². The molecule has 1 fully saturated rings. The molecule has 0 aliphatic carbocycles. The lowest BCUT2D eigenvalue weighted by atomic mass is 10.0. The SMILES string of the molecule is CC(C)(C)OC(=O)N1CCC(F)C1C(=O)NCc1cc(-c2cnc(C(F)(F)F)nc2)ccc1C#N. The molecule has 35 heavy (non-hydrogen) atoms. The molecule has 12 heteroatoms. The second-order valence-electron chi connectivity index (χ2n) is 8.92. The van der Waals surface area contributed by atoms with Gasteiger partial charge in [0.1, 0.15) is 17.8 Å². The van der Waals surface area contributed by atoms with Gasteiger partial charge in [-0.1, -0.05) is 6.07 Å². The van der Waals surface area contributed by atoms with Gasteiger partial charge in [-0.2, -0.15) is 18.4 Å². The summed E-state index contributed by atoms with van der Waals surface area (Å²) in [5, 5.41) is 11.9. The monoisotopic (exact) mass is 493 g/mol. The van der Waals surface area contributed by atoms with Crippen LogP contribution in [0.4, 0.5) is 22.4 Å². The van der Waals surface area contributed by atoms with Crippen molar-refractivity contribution in [1.82, 2.24) is 20.2 Å². The Morgan fingerprint density at radius 2 is 1.86 bits per heavy atom. The largest absolute Gasteiger partial charge is 0.451 e. The van der Waals surface area contributed by atoms with Crippen molar-refractivity contribution in [3.63, 3.8) is 0 Å². The molecule has 8 nitrogen and oxygen atoms in total. The summed E-state index contributed by atoms with van der Waals surface area (Å²) in [5.74, 6) is -2.04. The molecule has 0 radical (unpaired) electrons. The molecule has 3 rings (SSSR count). The van der Waals surface area contributed by atoms with Gasteiger partial charge in [-0.3, -0.25) is 9.69 Å². The fourth-order valence-electron chi connectivity index (χ4n) is 3.52. The topological polar surface area (TPSA) is 108 Å². The highest BCUT2D eigenvalue weighted by Gasteiger charge is 2.43. The Hall–Kier alpha value is -3.75. The molecule has 2 aromatic rings. The van der Waals surface area contributed by atoms with Crippen LogP contribution in [-0.4, -0.2) is 51.2 Å². The number of nitrogens with zero attached hydrogens (tertiary/aromatic N) is 4. The van der Waals surface area contributed by atoms with Gasteiger partial charge in [-0.05, 0) is 50.5 Å². The third-order valence-electron chi connectivity index (χ3n) is 5.14. The fraction of sp³-hybridized carbons (Fsp3) is 0.435. The van der Waals surface area contributed by atoms with Gasteiger partial charge in [-0.15, -0.1) is 0 Å². The molecule has 0 bridgehead atoms. The smallest absolute Gasteiger partial charge is 0.444 e. The van der Waals surface area contributed by atoms with Crippen LogP contribution in [0, 0.1) is 11.3 Å². The Kier molecular flexibility index (Phi) is 7.28. The van der Waals surface area contributed by atoms with E-state index in [-0.39, 0.29) is 30.6 Å². The third-order valence-corrected chi connectivity index (χ3v) is 5.14. The molecule has 1 N–H and O–H groups in total. The van der Waals surface area contributed by atoms with Crippen molar-refractivity contribution in [2.75, 3.05) is 6.54 Å². The number of benzene rings is 1. The molecule has 2 atom stereocenters. The standard InChI is InChI=1S/C23H23F4N5O3/c1-22(2,3)35-21(34)32-7-6-17(24)18(32)19(33)29-10-15-8-13(4-5-14(15)9-28)16-11-30-20(31-12-16)23(25,26)27/h4-5,8,11-12,17-18H,6-7,10H2,1-3H3,(H,29,33). The van der Waals surface area contributed by atoms with Gasteiger partial charge in [0, 0.05) is 31.0 Å². The van der Waals surface area contributed by atoms with Gasteiger partial charge in [0.05, 0.1) is 11.6 Å². The van der Waals surface area contributed by atoms with Gasteiger partial charge in [0.2, 0.25) is 11.7 Å². The maximum Gasteiger partial charge on any atom is 0.451 e. The van der Waals surface area contributed by atoms with E-state index in [2.05, 4.69) is 15.3 Å². The summed E-state index contributed by atoms with van der Waals surface area (Å²) in [4.78, 5) is 32.9. The highest BCUT2D eigenvalue weighted by Crippen LogP contribution is 2.28. The Balaban J connectivity index is 1.77. The lowest BCUT2D eigenvalue weighted by Gasteiger charge is -2.28. The van der Waals surface area contributed by atoms with E-state index in [1.54, 1.807) is 20.8 Å². The number of halogens is 4. The van der Waals surface area contributed by atoms with E-state index in [0.717, 1.165) is 17.3 Å². The number of rotatable bonds is 4. The fourth-order valence-corrected chi connectivity index (χ4v) is 3.52. The van der Waals surface area contributed by atoms with Crippen LogP contribution in [-0.2, 0) is 22.3 Å². The molecule has 186 valence electrons. The second kappa shape index (κ2) is 9.85. The third kappa shape index (κ3) is 6.23. The van der Waals surface area contributed by atoms with E-state index in [0.29, 0.717) is 11.1 Å². The summed E-state index contributed by atoms with van der Waals surface area (Å²) in [5.41, 5.74) is 0.411. The molecular weight excluding hydrogens is 470 g/mol. The van der Waals surface area contributed by atoms with Crippen LogP contribution in [0.15, 0.2) is 30.6 Å². The number of nitriles is 1. The Morgan fingerprint density at radius 1 is 1.20 bits per heavy atom. The number of hydrogen-bond donors (Lipinski definition) is 1. The first-order valence-corrected chi connectivity index (χ1v) is 10.6. The first-order valence-electron chi connectivity index (χ1n) is 10.6. The van der Waals surface area contributed by atoms with Crippen molar-refractivity contribution in [1.29, 1.82) is 5.26 Å². The minimum absolute atomic E-state index is 0.0149. The minimum Gasteiger partial charge on any atom is -0.444 e. The van der Waals surface area contributed by atoms with Crippen LogP contribution in [0.25, 0.3) is 11.1 Å². The van der Waals surface area contributed by atoms with Gasteiger partial charge in [-0.25, -0.2) is 19.2 Å². The lowest BCUT2D eigenvalue weighted by Crippen LogP contribution is -2.50. The maximum atomic E-state index is 14.5. The Labute approximate surface area is 198 Å². The number of carbonyl (C=O) groups excluding carboxylic acids is 2. The Bertz CT molecular complexity index is 1140. The molecule has 0 saturated carbocycles. The van der Waals surface area contributed by atoms with Crippen molar-refractivity contribution < 1.29 is 31.9 Å². The number of hydrogen-bond acceptors (Lipinski definition) is 6. The van der Waals surface area contributed by atoms with E-state index in [1.165, 1.54) is 18.2 Å². The number of alkyl halides is 4. The zero-order valence-electron chi connectivity index (χ0n) is 19.2. The molecule has 1 aliphatic heterocycles. The first kappa shape index (κ1) is 25.9. The molecule has 1 aliphatic rings. The zero-order valence-corrected chi connectivity index (χ0v) is 19.2. The molecule has 1 aromatic heterocycles.